The quantitative estimate of drug-likeness (QED) is 0.605. The van der Waals surface area contributed by atoms with Gasteiger partial charge < -0.3 is 5.32 Å². The number of aromatic nitrogens is 2. The van der Waals surface area contributed by atoms with E-state index in [1.165, 1.54) is 0 Å². The van der Waals surface area contributed by atoms with Crippen molar-refractivity contribution in [3.05, 3.63) is 94.9 Å². The number of aryl methyl sites for hydroxylation is 1. The summed E-state index contributed by atoms with van der Waals surface area (Å²) in [6.45, 7) is 1.97. The maximum Gasteiger partial charge on any atom is 0.193 e. The van der Waals surface area contributed by atoms with Gasteiger partial charge in [0.25, 0.3) is 0 Å². The number of rotatable bonds is 3. The van der Waals surface area contributed by atoms with Crippen LogP contribution in [0.5, 0.6) is 0 Å². The van der Waals surface area contributed by atoms with Crippen LogP contribution in [-0.4, -0.2) is 9.55 Å². The Kier molecular flexibility index (Phi) is 3.78. The molecule has 0 saturated carbocycles. The predicted octanol–water partition coefficient (Wildman–Crippen LogP) is 4.44. The van der Waals surface area contributed by atoms with Crippen LogP contribution in [0.25, 0.3) is 16.6 Å². The van der Waals surface area contributed by atoms with Gasteiger partial charge in [0.15, 0.2) is 5.43 Å². The summed E-state index contributed by atoms with van der Waals surface area (Å²) < 4.78 is 2.07. The Bertz CT molecular complexity index is 1090. The summed E-state index contributed by atoms with van der Waals surface area (Å²) in [5, 5.41) is 3.99. The topological polar surface area (TPSA) is 46.9 Å². The number of hydrogen-bond donors (Lipinski definition) is 1. The number of nitrogens with zero attached hydrogens (tertiary/aromatic N) is 2. The van der Waals surface area contributed by atoms with Crippen LogP contribution < -0.4 is 10.7 Å². The first kappa shape index (κ1) is 15.1. The predicted molar refractivity (Wildman–Crippen MR) is 102 cm³/mol. The van der Waals surface area contributed by atoms with Crippen molar-refractivity contribution in [2.24, 2.45) is 0 Å². The lowest BCUT2D eigenvalue weighted by Crippen LogP contribution is -2.13. The van der Waals surface area contributed by atoms with Gasteiger partial charge in [0.2, 0.25) is 0 Å². The average molecular weight is 327 g/mol. The molecule has 0 bridgehead atoms. The van der Waals surface area contributed by atoms with E-state index < -0.39 is 0 Å². The standard InChI is InChI=1S/C21H17N3O/c1-15-13-22-14-18-19(25)12-20(23-16-8-4-2-5-9-16)24(21(15)18)17-10-6-3-7-11-17/h2-14,23H,1H3. The van der Waals surface area contributed by atoms with E-state index in [0.29, 0.717) is 5.39 Å². The fourth-order valence-electron chi connectivity index (χ4n) is 3.03. The highest BCUT2D eigenvalue weighted by atomic mass is 16.1. The second-order valence-electron chi connectivity index (χ2n) is 5.91. The number of benzene rings is 2. The molecule has 2 heterocycles. The zero-order valence-electron chi connectivity index (χ0n) is 13.8. The molecule has 0 atom stereocenters. The molecule has 122 valence electrons. The van der Waals surface area contributed by atoms with Crippen molar-refractivity contribution < 1.29 is 0 Å². The third-order valence-electron chi connectivity index (χ3n) is 4.16. The molecule has 0 aliphatic rings. The van der Waals surface area contributed by atoms with Gasteiger partial charge in [-0.2, -0.15) is 0 Å². The van der Waals surface area contributed by atoms with E-state index >= 15 is 0 Å². The summed E-state index contributed by atoms with van der Waals surface area (Å²) in [6.07, 6.45) is 3.42. The highest BCUT2D eigenvalue weighted by Crippen LogP contribution is 2.26. The van der Waals surface area contributed by atoms with Gasteiger partial charge in [0, 0.05) is 29.8 Å². The molecule has 4 aromatic rings. The number of pyridine rings is 2. The van der Waals surface area contributed by atoms with Gasteiger partial charge >= 0.3 is 0 Å². The maximum atomic E-state index is 12.6. The molecule has 4 nitrogen and oxygen atoms in total. The molecule has 0 amide bonds. The van der Waals surface area contributed by atoms with E-state index in [1.54, 1.807) is 18.5 Å². The van der Waals surface area contributed by atoms with Gasteiger partial charge in [-0.3, -0.25) is 14.3 Å². The largest absolute Gasteiger partial charge is 0.341 e. The van der Waals surface area contributed by atoms with Gasteiger partial charge in [0.1, 0.15) is 5.82 Å². The Labute approximate surface area is 145 Å². The summed E-state index contributed by atoms with van der Waals surface area (Å²) in [7, 11) is 0. The first-order chi connectivity index (χ1) is 12.2. The molecule has 25 heavy (non-hydrogen) atoms. The van der Waals surface area contributed by atoms with Crippen LogP contribution >= 0.6 is 0 Å². The minimum absolute atomic E-state index is 0.0446. The molecule has 0 aliphatic carbocycles. The van der Waals surface area contributed by atoms with Crippen molar-refractivity contribution in [2.45, 2.75) is 6.92 Å². The lowest BCUT2D eigenvalue weighted by atomic mass is 10.1. The Balaban J connectivity index is 2.05. The molecule has 0 fully saturated rings. The Hall–Kier alpha value is -3.40. The van der Waals surface area contributed by atoms with Crippen LogP contribution in [0.3, 0.4) is 0 Å². The number of anilines is 2. The van der Waals surface area contributed by atoms with E-state index in [0.717, 1.165) is 28.3 Å². The van der Waals surface area contributed by atoms with Crippen LogP contribution in [-0.2, 0) is 0 Å². The number of hydrogen-bond acceptors (Lipinski definition) is 3. The number of fused-ring (bicyclic) bond motifs is 1. The third-order valence-corrected chi connectivity index (χ3v) is 4.16. The van der Waals surface area contributed by atoms with Crippen molar-refractivity contribution in [3.8, 4) is 5.69 Å². The van der Waals surface area contributed by atoms with E-state index in [-0.39, 0.29) is 5.43 Å². The molecule has 4 rings (SSSR count). The van der Waals surface area contributed by atoms with Gasteiger partial charge in [0.05, 0.1) is 10.9 Å². The van der Waals surface area contributed by atoms with Crippen molar-refractivity contribution in [3.63, 3.8) is 0 Å². The molecular weight excluding hydrogens is 310 g/mol. The Morgan fingerprint density at radius 2 is 1.60 bits per heavy atom. The lowest BCUT2D eigenvalue weighted by Gasteiger charge is -2.19. The third kappa shape index (κ3) is 2.78. The summed E-state index contributed by atoms with van der Waals surface area (Å²) in [5.41, 5.74) is 3.69. The number of nitrogens with one attached hydrogen (secondary N) is 1. The van der Waals surface area contributed by atoms with Crippen molar-refractivity contribution in [1.82, 2.24) is 9.55 Å². The second kappa shape index (κ2) is 6.24. The smallest absolute Gasteiger partial charge is 0.193 e. The van der Waals surface area contributed by atoms with E-state index in [9.17, 15) is 4.79 Å². The van der Waals surface area contributed by atoms with Crippen LogP contribution in [0.4, 0.5) is 11.5 Å². The van der Waals surface area contributed by atoms with Crippen molar-refractivity contribution in [1.29, 1.82) is 0 Å². The summed E-state index contributed by atoms with van der Waals surface area (Å²) in [6, 6.07) is 21.5. The molecule has 0 unspecified atom stereocenters. The van der Waals surface area contributed by atoms with Gasteiger partial charge in [-0.15, -0.1) is 0 Å². The highest BCUT2D eigenvalue weighted by molar-refractivity contribution is 5.85. The molecule has 0 spiro atoms. The van der Waals surface area contributed by atoms with Crippen molar-refractivity contribution in [2.75, 3.05) is 5.32 Å². The summed E-state index contributed by atoms with van der Waals surface area (Å²) in [4.78, 5) is 16.8. The van der Waals surface area contributed by atoms with Crippen LogP contribution in [0, 0.1) is 6.92 Å². The zero-order valence-corrected chi connectivity index (χ0v) is 13.8. The Morgan fingerprint density at radius 1 is 0.920 bits per heavy atom. The van der Waals surface area contributed by atoms with Crippen molar-refractivity contribution >= 4 is 22.4 Å². The van der Waals surface area contributed by atoms with Gasteiger partial charge in [-0.05, 0) is 36.8 Å². The molecule has 0 radical (unpaired) electrons. The lowest BCUT2D eigenvalue weighted by molar-refractivity contribution is 1.08. The fourth-order valence-corrected chi connectivity index (χ4v) is 3.03. The minimum Gasteiger partial charge on any atom is -0.341 e. The molecule has 1 N–H and O–H groups in total. The Morgan fingerprint density at radius 3 is 2.32 bits per heavy atom. The summed E-state index contributed by atoms with van der Waals surface area (Å²) >= 11 is 0. The van der Waals surface area contributed by atoms with Crippen LogP contribution in [0.1, 0.15) is 5.56 Å². The second-order valence-corrected chi connectivity index (χ2v) is 5.91. The number of para-hydroxylation sites is 2. The SMILES string of the molecule is Cc1cncc2c(=O)cc(Nc3ccccc3)n(-c3ccccc3)c12. The normalized spacial score (nSPS) is 10.8. The van der Waals surface area contributed by atoms with E-state index in [1.807, 2.05) is 67.6 Å². The molecular formula is C21H17N3O. The monoisotopic (exact) mass is 327 g/mol. The van der Waals surface area contributed by atoms with E-state index in [4.69, 9.17) is 0 Å². The fraction of sp³-hybridized carbons (Fsp3) is 0.0476. The molecule has 2 aromatic heterocycles. The average Bonchev–Trinajstić information content (AvgIpc) is 2.64. The maximum absolute atomic E-state index is 12.6. The molecule has 4 heteroatoms. The highest BCUT2D eigenvalue weighted by Gasteiger charge is 2.13. The molecule has 0 aliphatic heterocycles. The van der Waals surface area contributed by atoms with Gasteiger partial charge in [-0.25, -0.2) is 0 Å². The van der Waals surface area contributed by atoms with Crippen LogP contribution in [0.15, 0.2) is 83.9 Å². The minimum atomic E-state index is -0.0446. The van der Waals surface area contributed by atoms with Crippen LogP contribution in [0.2, 0.25) is 0 Å². The first-order valence-corrected chi connectivity index (χ1v) is 8.12. The summed E-state index contributed by atoms with van der Waals surface area (Å²) in [5.74, 6) is 0.726. The molecule has 0 saturated heterocycles. The van der Waals surface area contributed by atoms with E-state index in [2.05, 4.69) is 14.9 Å². The van der Waals surface area contributed by atoms with Gasteiger partial charge in [-0.1, -0.05) is 36.4 Å². The zero-order chi connectivity index (χ0) is 17.2. The first-order valence-electron chi connectivity index (χ1n) is 8.12. The molecule has 2 aromatic carbocycles.